The number of piperidine rings is 1. The molecule has 0 radical (unpaired) electrons. The summed E-state index contributed by atoms with van der Waals surface area (Å²) in [5.41, 5.74) is 1.41. The molecule has 0 aromatic carbocycles. The fourth-order valence-corrected chi connectivity index (χ4v) is 4.43. The molecule has 1 aliphatic heterocycles. The molecule has 1 N–H and O–H groups in total. The van der Waals surface area contributed by atoms with E-state index < -0.39 is 0 Å². The van der Waals surface area contributed by atoms with Crippen molar-refractivity contribution in [2.75, 3.05) is 54.4 Å². The van der Waals surface area contributed by atoms with Gasteiger partial charge in [0.1, 0.15) is 0 Å². The van der Waals surface area contributed by atoms with Gasteiger partial charge >= 0.3 is 0 Å². The molecule has 0 unspecified atom stereocenters. The standard InChI is InChI=1S/C17H31N3OS/c1-18(2)7-14-5-15(12-21)10-20(9-14)11-17-6-16(13-22-17)8-19(3)4/h6,13-15,21H,5,7-12H2,1-4H3/t14-,15+/m0/s1. The van der Waals surface area contributed by atoms with Gasteiger partial charge in [-0.2, -0.15) is 0 Å². The summed E-state index contributed by atoms with van der Waals surface area (Å²) in [6.45, 7) is 5.65. The van der Waals surface area contributed by atoms with E-state index in [1.54, 1.807) is 0 Å². The Bertz CT molecular complexity index is 447. The van der Waals surface area contributed by atoms with Gasteiger partial charge in [0.25, 0.3) is 0 Å². The smallest absolute Gasteiger partial charge is 0.0471 e. The molecule has 0 amide bonds. The zero-order valence-electron chi connectivity index (χ0n) is 14.5. The maximum atomic E-state index is 9.59. The largest absolute Gasteiger partial charge is 0.396 e. The van der Waals surface area contributed by atoms with Crippen LogP contribution in [-0.2, 0) is 13.1 Å². The lowest BCUT2D eigenvalue weighted by Gasteiger charge is -2.38. The molecule has 0 saturated carbocycles. The summed E-state index contributed by atoms with van der Waals surface area (Å²) in [7, 11) is 8.50. The van der Waals surface area contributed by atoms with Gasteiger partial charge in [0.2, 0.25) is 0 Å². The van der Waals surface area contributed by atoms with E-state index in [1.165, 1.54) is 10.4 Å². The summed E-state index contributed by atoms with van der Waals surface area (Å²) < 4.78 is 0. The fourth-order valence-electron chi connectivity index (χ4n) is 3.51. The van der Waals surface area contributed by atoms with Gasteiger partial charge in [-0.25, -0.2) is 0 Å². The SMILES string of the molecule is CN(C)Cc1csc(CN2C[C@H](CO)C[C@@H](CN(C)C)C2)c1. The van der Waals surface area contributed by atoms with Gasteiger partial charge in [0.15, 0.2) is 0 Å². The van der Waals surface area contributed by atoms with E-state index >= 15 is 0 Å². The predicted octanol–water partition coefficient (Wildman–Crippen LogP) is 1.80. The normalized spacial score (nSPS) is 23.6. The van der Waals surface area contributed by atoms with Gasteiger partial charge in [-0.3, -0.25) is 4.90 Å². The number of aliphatic hydroxyl groups is 1. The van der Waals surface area contributed by atoms with Crippen molar-refractivity contribution in [3.05, 3.63) is 21.9 Å². The highest BCUT2D eigenvalue weighted by molar-refractivity contribution is 7.10. The number of hydrogen-bond donors (Lipinski definition) is 1. The van der Waals surface area contributed by atoms with Gasteiger partial charge in [0.05, 0.1) is 0 Å². The van der Waals surface area contributed by atoms with Gasteiger partial charge in [-0.15, -0.1) is 11.3 Å². The van der Waals surface area contributed by atoms with Crippen molar-refractivity contribution in [2.45, 2.75) is 19.5 Å². The van der Waals surface area contributed by atoms with Crippen molar-refractivity contribution in [1.29, 1.82) is 0 Å². The number of likely N-dealkylation sites (tertiary alicyclic amines) is 1. The molecule has 0 aliphatic carbocycles. The topological polar surface area (TPSA) is 30.0 Å². The molecule has 1 aromatic rings. The summed E-state index contributed by atoms with van der Waals surface area (Å²) in [6, 6.07) is 2.34. The van der Waals surface area contributed by atoms with Crippen LogP contribution in [0.3, 0.4) is 0 Å². The first-order valence-corrected chi connectivity index (χ1v) is 9.03. The third kappa shape index (κ3) is 5.63. The predicted molar refractivity (Wildman–Crippen MR) is 94.2 cm³/mol. The van der Waals surface area contributed by atoms with Gasteiger partial charge < -0.3 is 14.9 Å². The van der Waals surface area contributed by atoms with Crippen molar-refractivity contribution in [1.82, 2.24) is 14.7 Å². The molecule has 1 saturated heterocycles. The third-order valence-corrected chi connectivity index (χ3v) is 5.14. The van der Waals surface area contributed by atoms with Crippen molar-refractivity contribution < 1.29 is 5.11 Å². The van der Waals surface area contributed by atoms with E-state index in [2.05, 4.69) is 54.3 Å². The molecular weight excluding hydrogens is 294 g/mol. The molecule has 2 heterocycles. The van der Waals surface area contributed by atoms with E-state index in [9.17, 15) is 5.11 Å². The van der Waals surface area contributed by atoms with E-state index in [0.717, 1.165) is 39.1 Å². The van der Waals surface area contributed by atoms with Gasteiger partial charge in [0, 0.05) is 44.2 Å². The first-order valence-electron chi connectivity index (χ1n) is 8.15. The Morgan fingerprint density at radius 1 is 1.18 bits per heavy atom. The lowest BCUT2D eigenvalue weighted by molar-refractivity contribution is 0.0698. The maximum Gasteiger partial charge on any atom is 0.0471 e. The highest BCUT2D eigenvalue weighted by atomic mass is 32.1. The van der Waals surface area contributed by atoms with Crippen molar-refractivity contribution >= 4 is 11.3 Å². The number of nitrogens with zero attached hydrogens (tertiary/aromatic N) is 3. The highest BCUT2D eigenvalue weighted by Gasteiger charge is 2.27. The van der Waals surface area contributed by atoms with Crippen LogP contribution in [0.15, 0.2) is 11.4 Å². The van der Waals surface area contributed by atoms with Crippen LogP contribution in [0.25, 0.3) is 0 Å². The zero-order chi connectivity index (χ0) is 16.1. The first kappa shape index (κ1) is 17.9. The average Bonchev–Trinajstić information content (AvgIpc) is 2.83. The van der Waals surface area contributed by atoms with E-state index in [1.807, 2.05) is 11.3 Å². The summed E-state index contributed by atoms with van der Waals surface area (Å²) >= 11 is 1.87. The molecular formula is C17H31N3OS. The van der Waals surface area contributed by atoms with Crippen LogP contribution in [0.4, 0.5) is 0 Å². The van der Waals surface area contributed by atoms with Crippen LogP contribution in [0.5, 0.6) is 0 Å². The van der Waals surface area contributed by atoms with Crippen molar-refractivity contribution in [2.24, 2.45) is 11.8 Å². The Kier molecular flexibility index (Phi) is 6.84. The van der Waals surface area contributed by atoms with Gasteiger partial charge in [-0.05, 0) is 63.5 Å². The van der Waals surface area contributed by atoms with Crippen molar-refractivity contribution in [3.8, 4) is 0 Å². The maximum absolute atomic E-state index is 9.59. The monoisotopic (exact) mass is 325 g/mol. The number of thiophene rings is 1. The third-order valence-electron chi connectivity index (χ3n) is 4.17. The summed E-state index contributed by atoms with van der Waals surface area (Å²) in [5, 5.41) is 11.9. The molecule has 0 spiro atoms. The lowest BCUT2D eigenvalue weighted by atomic mass is 9.89. The fraction of sp³-hybridized carbons (Fsp3) is 0.765. The zero-order valence-corrected chi connectivity index (χ0v) is 15.3. The molecule has 5 heteroatoms. The Morgan fingerprint density at radius 2 is 1.91 bits per heavy atom. The van der Waals surface area contributed by atoms with E-state index in [0.29, 0.717) is 18.4 Å². The molecule has 2 rings (SSSR count). The van der Waals surface area contributed by atoms with Crippen LogP contribution in [0.1, 0.15) is 16.9 Å². The minimum Gasteiger partial charge on any atom is -0.396 e. The lowest BCUT2D eigenvalue weighted by Crippen LogP contribution is -2.44. The summed E-state index contributed by atoms with van der Waals surface area (Å²) in [6.07, 6.45) is 1.15. The molecule has 1 fully saturated rings. The number of rotatable bonds is 7. The van der Waals surface area contributed by atoms with Crippen LogP contribution in [-0.4, -0.2) is 74.2 Å². The van der Waals surface area contributed by atoms with Crippen LogP contribution in [0, 0.1) is 11.8 Å². The summed E-state index contributed by atoms with van der Waals surface area (Å²) in [4.78, 5) is 8.45. The summed E-state index contributed by atoms with van der Waals surface area (Å²) in [5.74, 6) is 1.10. The van der Waals surface area contributed by atoms with Crippen LogP contribution < -0.4 is 0 Å². The highest BCUT2D eigenvalue weighted by Crippen LogP contribution is 2.25. The molecule has 4 nitrogen and oxygen atoms in total. The quantitative estimate of drug-likeness (QED) is 0.828. The second-order valence-corrected chi connectivity index (χ2v) is 8.26. The second-order valence-electron chi connectivity index (χ2n) is 7.27. The minimum atomic E-state index is 0.316. The Labute approximate surface area is 139 Å². The molecule has 1 aliphatic rings. The Balaban J connectivity index is 1.93. The van der Waals surface area contributed by atoms with E-state index in [4.69, 9.17) is 0 Å². The number of aliphatic hydroxyl groups excluding tert-OH is 1. The van der Waals surface area contributed by atoms with Crippen LogP contribution >= 0.6 is 11.3 Å². The molecule has 0 bridgehead atoms. The van der Waals surface area contributed by atoms with Gasteiger partial charge in [-0.1, -0.05) is 0 Å². The first-order chi connectivity index (χ1) is 10.5. The number of hydrogen-bond acceptors (Lipinski definition) is 5. The van der Waals surface area contributed by atoms with Crippen molar-refractivity contribution in [3.63, 3.8) is 0 Å². The molecule has 22 heavy (non-hydrogen) atoms. The minimum absolute atomic E-state index is 0.316. The Morgan fingerprint density at radius 3 is 2.55 bits per heavy atom. The second kappa shape index (κ2) is 8.41. The molecule has 2 atom stereocenters. The molecule has 126 valence electrons. The Hall–Kier alpha value is -0.460. The average molecular weight is 326 g/mol. The molecule has 1 aromatic heterocycles. The van der Waals surface area contributed by atoms with Crippen LogP contribution in [0.2, 0.25) is 0 Å². The van der Waals surface area contributed by atoms with E-state index in [-0.39, 0.29) is 0 Å².